The molecule has 0 radical (unpaired) electrons. The molecule has 0 atom stereocenters. The second kappa shape index (κ2) is 7.04. The molecule has 0 saturated carbocycles. The molecule has 1 fully saturated rings. The van der Waals surface area contributed by atoms with Gasteiger partial charge in [-0.3, -0.25) is 9.59 Å². The van der Waals surface area contributed by atoms with Crippen molar-refractivity contribution in [1.82, 2.24) is 15.2 Å². The van der Waals surface area contributed by atoms with Crippen LogP contribution in [0.25, 0.3) is 0 Å². The minimum Gasteiger partial charge on any atom is -0.352 e. The van der Waals surface area contributed by atoms with Crippen LogP contribution in [0.15, 0.2) is 16.7 Å². The van der Waals surface area contributed by atoms with Gasteiger partial charge in [0, 0.05) is 36.7 Å². The van der Waals surface area contributed by atoms with Gasteiger partial charge < -0.3 is 10.2 Å². The third kappa shape index (κ3) is 3.93. The van der Waals surface area contributed by atoms with E-state index in [-0.39, 0.29) is 17.0 Å². The fourth-order valence-corrected chi connectivity index (χ4v) is 2.61. The number of carbonyl (C=O) groups excluding carboxylic acids is 2. The normalized spacial score (nSPS) is 14.7. The first-order chi connectivity index (χ1) is 9.58. The van der Waals surface area contributed by atoms with Crippen LogP contribution in [0.5, 0.6) is 0 Å². The van der Waals surface area contributed by atoms with Crippen LogP contribution in [0.1, 0.15) is 29.6 Å². The summed E-state index contributed by atoms with van der Waals surface area (Å²) < 4.78 is 0.703. The fraction of sp³-hybridized carbons (Fsp3) is 0.462. The third-order valence-electron chi connectivity index (χ3n) is 3.11. The van der Waals surface area contributed by atoms with Gasteiger partial charge in [0.2, 0.25) is 5.91 Å². The van der Waals surface area contributed by atoms with Crippen molar-refractivity contribution < 1.29 is 9.59 Å². The predicted molar refractivity (Wildman–Crippen MR) is 79.7 cm³/mol. The molecule has 1 aromatic rings. The molecule has 2 rings (SSSR count). The van der Waals surface area contributed by atoms with Gasteiger partial charge in [0.15, 0.2) is 0 Å². The topological polar surface area (TPSA) is 62.3 Å². The number of carbonyl (C=O) groups is 2. The summed E-state index contributed by atoms with van der Waals surface area (Å²) >= 11 is 9.13. The second-order valence-electron chi connectivity index (χ2n) is 4.59. The Balaban J connectivity index is 1.77. The van der Waals surface area contributed by atoms with Crippen molar-refractivity contribution in [2.24, 2.45) is 0 Å². The highest BCUT2D eigenvalue weighted by atomic mass is 79.9. The Bertz CT molecular complexity index is 524. The zero-order valence-electron chi connectivity index (χ0n) is 10.9. The molecule has 108 valence electrons. The number of nitrogens with one attached hydrogen (secondary N) is 1. The molecule has 2 amide bonds. The molecule has 7 heteroatoms. The minimum atomic E-state index is -0.253. The minimum absolute atomic E-state index is 0.181. The van der Waals surface area contributed by atoms with Gasteiger partial charge in [-0.25, -0.2) is 4.98 Å². The van der Waals surface area contributed by atoms with E-state index < -0.39 is 0 Å². The van der Waals surface area contributed by atoms with Gasteiger partial charge in [-0.05, 0) is 34.8 Å². The molecule has 1 aliphatic rings. The summed E-state index contributed by atoms with van der Waals surface area (Å²) in [5, 5.41) is 2.96. The molecule has 20 heavy (non-hydrogen) atoms. The molecular weight excluding hydrogens is 346 g/mol. The number of amides is 2. The molecule has 1 aromatic heterocycles. The summed E-state index contributed by atoms with van der Waals surface area (Å²) in [6, 6.07) is 1.63. The van der Waals surface area contributed by atoms with Crippen molar-refractivity contribution in [2.45, 2.75) is 19.3 Å². The SMILES string of the molecule is O=C(NCCCN1CCCC1=O)c1cc(Br)cnc1Cl. The van der Waals surface area contributed by atoms with E-state index in [1.807, 2.05) is 4.90 Å². The van der Waals surface area contributed by atoms with Crippen LogP contribution in [0, 0.1) is 0 Å². The Hall–Kier alpha value is -1.14. The summed E-state index contributed by atoms with van der Waals surface area (Å²) in [4.78, 5) is 29.1. The average molecular weight is 361 g/mol. The monoisotopic (exact) mass is 359 g/mol. The average Bonchev–Trinajstić information content (AvgIpc) is 2.83. The van der Waals surface area contributed by atoms with Crippen molar-refractivity contribution in [3.8, 4) is 0 Å². The smallest absolute Gasteiger partial charge is 0.254 e. The summed E-state index contributed by atoms with van der Waals surface area (Å²) in [5.74, 6) is -0.0490. The van der Waals surface area contributed by atoms with Gasteiger partial charge in [0.25, 0.3) is 5.91 Å². The van der Waals surface area contributed by atoms with Gasteiger partial charge in [-0.15, -0.1) is 0 Å². The molecule has 5 nitrogen and oxygen atoms in total. The molecule has 1 N–H and O–H groups in total. The molecule has 0 aromatic carbocycles. The van der Waals surface area contributed by atoms with E-state index in [0.29, 0.717) is 29.5 Å². The molecule has 1 aliphatic heterocycles. The Kier molecular flexibility index (Phi) is 5.37. The number of nitrogens with zero attached hydrogens (tertiary/aromatic N) is 2. The van der Waals surface area contributed by atoms with Crippen molar-refractivity contribution in [1.29, 1.82) is 0 Å². The number of rotatable bonds is 5. The zero-order chi connectivity index (χ0) is 14.5. The standard InChI is InChI=1S/C13H15BrClN3O2/c14-9-7-10(12(15)17-8-9)13(20)16-4-2-6-18-5-1-3-11(18)19/h7-8H,1-6H2,(H,16,20). The van der Waals surface area contributed by atoms with Crippen molar-refractivity contribution in [3.63, 3.8) is 0 Å². The van der Waals surface area contributed by atoms with Gasteiger partial charge in [0.1, 0.15) is 5.15 Å². The van der Waals surface area contributed by atoms with Crippen LogP contribution in [-0.4, -0.2) is 41.3 Å². The van der Waals surface area contributed by atoms with E-state index in [0.717, 1.165) is 19.4 Å². The highest BCUT2D eigenvalue weighted by Gasteiger charge is 2.19. The number of hydrogen-bond acceptors (Lipinski definition) is 3. The van der Waals surface area contributed by atoms with Crippen LogP contribution >= 0.6 is 27.5 Å². The largest absolute Gasteiger partial charge is 0.352 e. The van der Waals surface area contributed by atoms with Crippen LogP contribution in [0.3, 0.4) is 0 Å². The Morgan fingerprint density at radius 2 is 2.35 bits per heavy atom. The Labute approximate surface area is 130 Å². The van der Waals surface area contributed by atoms with E-state index in [2.05, 4.69) is 26.2 Å². The molecule has 0 unspecified atom stereocenters. The summed E-state index contributed by atoms with van der Waals surface area (Å²) in [5.41, 5.74) is 0.346. The molecule has 1 saturated heterocycles. The van der Waals surface area contributed by atoms with E-state index in [1.165, 1.54) is 6.20 Å². The Morgan fingerprint density at radius 1 is 1.55 bits per heavy atom. The Morgan fingerprint density at radius 3 is 3.05 bits per heavy atom. The first-order valence-electron chi connectivity index (χ1n) is 6.45. The molecule has 0 spiro atoms. The second-order valence-corrected chi connectivity index (χ2v) is 5.86. The number of halogens is 2. The lowest BCUT2D eigenvalue weighted by Crippen LogP contribution is -2.30. The van der Waals surface area contributed by atoms with Crippen molar-refractivity contribution in [2.75, 3.05) is 19.6 Å². The van der Waals surface area contributed by atoms with Crippen LogP contribution in [0.4, 0.5) is 0 Å². The maximum absolute atomic E-state index is 11.9. The van der Waals surface area contributed by atoms with Crippen LogP contribution in [-0.2, 0) is 4.79 Å². The molecule has 2 heterocycles. The maximum Gasteiger partial charge on any atom is 0.254 e. The fourth-order valence-electron chi connectivity index (χ4n) is 2.09. The number of aromatic nitrogens is 1. The summed E-state index contributed by atoms with van der Waals surface area (Å²) in [6.07, 6.45) is 3.85. The quantitative estimate of drug-likeness (QED) is 0.647. The lowest BCUT2D eigenvalue weighted by atomic mass is 10.2. The van der Waals surface area contributed by atoms with Crippen LogP contribution in [0.2, 0.25) is 5.15 Å². The first kappa shape index (κ1) is 15.3. The predicted octanol–water partition coefficient (Wildman–Crippen LogP) is 2.24. The van der Waals surface area contributed by atoms with Crippen molar-refractivity contribution >= 4 is 39.3 Å². The van der Waals surface area contributed by atoms with Gasteiger partial charge in [-0.2, -0.15) is 0 Å². The number of hydrogen-bond donors (Lipinski definition) is 1. The van der Waals surface area contributed by atoms with Crippen molar-refractivity contribution in [3.05, 3.63) is 27.5 Å². The van der Waals surface area contributed by atoms with E-state index in [9.17, 15) is 9.59 Å². The van der Waals surface area contributed by atoms with Gasteiger partial charge in [0.05, 0.1) is 5.56 Å². The third-order valence-corrected chi connectivity index (χ3v) is 3.85. The first-order valence-corrected chi connectivity index (χ1v) is 7.62. The van der Waals surface area contributed by atoms with E-state index >= 15 is 0 Å². The summed E-state index contributed by atoms with van der Waals surface area (Å²) in [6.45, 7) is 2.02. The van der Waals surface area contributed by atoms with E-state index in [4.69, 9.17) is 11.6 Å². The molecule has 0 bridgehead atoms. The van der Waals surface area contributed by atoms with E-state index in [1.54, 1.807) is 6.07 Å². The highest BCUT2D eigenvalue weighted by Crippen LogP contribution is 2.17. The molecular formula is C13H15BrClN3O2. The van der Waals surface area contributed by atoms with Gasteiger partial charge >= 0.3 is 0 Å². The lowest BCUT2D eigenvalue weighted by Gasteiger charge is -2.15. The number of likely N-dealkylation sites (tertiary alicyclic amines) is 1. The zero-order valence-corrected chi connectivity index (χ0v) is 13.2. The number of pyridine rings is 1. The lowest BCUT2D eigenvalue weighted by molar-refractivity contribution is -0.127. The maximum atomic E-state index is 11.9. The van der Waals surface area contributed by atoms with Gasteiger partial charge in [-0.1, -0.05) is 11.6 Å². The molecule has 0 aliphatic carbocycles. The van der Waals surface area contributed by atoms with Crippen LogP contribution < -0.4 is 5.32 Å². The highest BCUT2D eigenvalue weighted by molar-refractivity contribution is 9.10. The summed E-state index contributed by atoms with van der Waals surface area (Å²) in [7, 11) is 0.